The van der Waals surface area contributed by atoms with E-state index in [1.165, 1.54) is 18.2 Å². The predicted octanol–water partition coefficient (Wildman–Crippen LogP) is 7.10. The van der Waals surface area contributed by atoms with Crippen molar-refractivity contribution < 1.29 is 23.8 Å². The third-order valence-electron chi connectivity index (χ3n) is 6.72. The zero-order valence-corrected chi connectivity index (χ0v) is 23.7. The molecule has 214 valence electrons. The summed E-state index contributed by atoms with van der Waals surface area (Å²) in [6, 6.07) is 30.4. The molecular formula is C34H25ClN2O6. The van der Waals surface area contributed by atoms with Gasteiger partial charge in [-0.3, -0.25) is 4.79 Å². The summed E-state index contributed by atoms with van der Waals surface area (Å²) in [5.41, 5.74) is 4.68. The van der Waals surface area contributed by atoms with E-state index in [1.807, 2.05) is 73.7 Å². The van der Waals surface area contributed by atoms with Crippen molar-refractivity contribution in [2.45, 2.75) is 13.5 Å². The van der Waals surface area contributed by atoms with Crippen molar-refractivity contribution in [1.82, 2.24) is 9.78 Å². The van der Waals surface area contributed by atoms with Crippen LogP contribution in [-0.4, -0.2) is 27.5 Å². The van der Waals surface area contributed by atoms with Crippen LogP contribution in [0.25, 0.3) is 39.2 Å². The highest BCUT2D eigenvalue weighted by Gasteiger charge is 2.16. The van der Waals surface area contributed by atoms with Gasteiger partial charge in [-0.2, -0.15) is 5.10 Å². The van der Waals surface area contributed by atoms with Crippen molar-refractivity contribution >= 4 is 28.5 Å². The Kier molecular flexibility index (Phi) is 7.68. The van der Waals surface area contributed by atoms with Gasteiger partial charge in [0, 0.05) is 34.3 Å². The topological polar surface area (TPSA) is 104 Å². The van der Waals surface area contributed by atoms with Gasteiger partial charge in [-0.1, -0.05) is 65.7 Å². The molecule has 0 saturated carbocycles. The lowest BCUT2D eigenvalue weighted by atomic mass is 10.1. The van der Waals surface area contributed by atoms with Crippen LogP contribution in [0, 0.1) is 6.92 Å². The molecule has 0 unspecified atom stereocenters. The predicted molar refractivity (Wildman–Crippen MR) is 164 cm³/mol. The minimum absolute atomic E-state index is 0.0234. The van der Waals surface area contributed by atoms with Crippen LogP contribution in [0.1, 0.15) is 11.3 Å². The Hall–Kier alpha value is -5.34. The zero-order valence-electron chi connectivity index (χ0n) is 23.0. The summed E-state index contributed by atoms with van der Waals surface area (Å²) < 4.78 is 18.7. The van der Waals surface area contributed by atoms with Crippen LogP contribution in [0.5, 0.6) is 11.5 Å². The Morgan fingerprint density at radius 3 is 2.47 bits per heavy atom. The number of aromatic hydroxyl groups is 1. The molecule has 0 bridgehead atoms. The molecule has 1 N–H and O–H groups in total. The van der Waals surface area contributed by atoms with Gasteiger partial charge in [0.05, 0.1) is 11.4 Å². The summed E-state index contributed by atoms with van der Waals surface area (Å²) >= 11 is 6.08. The number of rotatable bonds is 8. The van der Waals surface area contributed by atoms with Crippen LogP contribution in [0.4, 0.5) is 0 Å². The molecule has 2 heterocycles. The molecule has 0 aliphatic heterocycles. The van der Waals surface area contributed by atoms with E-state index in [2.05, 4.69) is 11.2 Å². The second-order valence-electron chi connectivity index (χ2n) is 9.88. The van der Waals surface area contributed by atoms with E-state index in [4.69, 9.17) is 25.5 Å². The number of aromatic nitrogens is 2. The zero-order chi connectivity index (χ0) is 29.9. The van der Waals surface area contributed by atoms with Gasteiger partial charge in [0.15, 0.2) is 12.0 Å². The van der Waals surface area contributed by atoms with Gasteiger partial charge >= 0.3 is 5.97 Å². The second-order valence-corrected chi connectivity index (χ2v) is 10.3. The molecule has 0 amide bonds. The second kappa shape index (κ2) is 11.9. The number of aryl methyl sites for hydroxylation is 1. The molecule has 0 radical (unpaired) electrons. The summed E-state index contributed by atoms with van der Waals surface area (Å²) in [6.07, 6.45) is 0. The van der Waals surface area contributed by atoms with Crippen molar-refractivity contribution in [3.63, 3.8) is 0 Å². The molecule has 0 atom stereocenters. The average molecular weight is 593 g/mol. The third kappa shape index (κ3) is 6.14. The third-order valence-corrected chi connectivity index (χ3v) is 6.98. The average Bonchev–Trinajstić information content (AvgIpc) is 3.44. The van der Waals surface area contributed by atoms with Crippen LogP contribution in [0.3, 0.4) is 0 Å². The van der Waals surface area contributed by atoms with Crippen molar-refractivity contribution in [3.05, 3.63) is 130 Å². The number of esters is 1. The van der Waals surface area contributed by atoms with Crippen LogP contribution in [0.15, 0.2) is 112 Å². The van der Waals surface area contributed by atoms with Crippen LogP contribution >= 0.6 is 11.6 Å². The molecular weight excluding hydrogens is 568 g/mol. The lowest BCUT2D eigenvalue weighted by Crippen LogP contribution is -2.15. The largest absolute Gasteiger partial charge is 0.507 e. The molecule has 8 nitrogen and oxygen atoms in total. The van der Waals surface area contributed by atoms with E-state index in [0.29, 0.717) is 22.0 Å². The number of hydrogen-bond acceptors (Lipinski definition) is 7. The Labute approximate surface area is 251 Å². The Balaban J connectivity index is 1.18. The molecule has 0 saturated heterocycles. The number of benzene rings is 4. The van der Waals surface area contributed by atoms with Gasteiger partial charge in [0.2, 0.25) is 0 Å². The van der Waals surface area contributed by atoms with Crippen LogP contribution < -0.4 is 10.2 Å². The van der Waals surface area contributed by atoms with E-state index < -0.39 is 18.0 Å². The van der Waals surface area contributed by atoms with E-state index >= 15 is 0 Å². The molecule has 6 rings (SSSR count). The highest BCUT2D eigenvalue weighted by atomic mass is 35.5. The Morgan fingerprint density at radius 2 is 1.70 bits per heavy atom. The van der Waals surface area contributed by atoms with Gasteiger partial charge in [0.25, 0.3) is 0 Å². The lowest BCUT2D eigenvalue weighted by Gasteiger charge is -2.09. The number of nitrogens with zero attached hydrogens (tertiary/aromatic N) is 2. The molecule has 2 aromatic heterocycles. The quantitative estimate of drug-likeness (QED) is 0.188. The van der Waals surface area contributed by atoms with Crippen LogP contribution in [-0.2, 0) is 16.1 Å². The number of phenolic OH excluding ortho intramolecular Hbond substituents is 1. The summed E-state index contributed by atoms with van der Waals surface area (Å²) in [4.78, 5) is 25.3. The first-order valence-electron chi connectivity index (χ1n) is 13.4. The van der Waals surface area contributed by atoms with E-state index in [0.717, 1.165) is 22.5 Å². The van der Waals surface area contributed by atoms with Gasteiger partial charge in [0.1, 0.15) is 40.5 Å². The minimum atomic E-state index is -0.641. The van der Waals surface area contributed by atoms with Gasteiger partial charge < -0.3 is 19.0 Å². The van der Waals surface area contributed by atoms with Crippen molar-refractivity contribution in [2.75, 3.05) is 6.61 Å². The molecule has 0 spiro atoms. The first-order chi connectivity index (χ1) is 20.8. The summed E-state index contributed by atoms with van der Waals surface area (Å²) in [7, 11) is 0. The van der Waals surface area contributed by atoms with Crippen molar-refractivity contribution in [2.24, 2.45) is 0 Å². The highest BCUT2D eigenvalue weighted by Crippen LogP contribution is 2.31. The van der Waals surface area contributed by atoms with Crippen molar-refractivity contribution in [3.8, 4) is 39.8 Å². The molecule has 0 fully saturated rings. The van der Waals surface area contributed by atoms with Gasteiger partial charge in [-0.25, -0.2) is 9.48 Å². The molecule has 4 aromatic carbocycles. The van der Waals surface area contributed by atoms with Crippen LogP contribution in [0.2, 0.25) is 5.02 Å². The lowest BCUT2D eigenvalue weighted by molar-refractivity contribution is -0.147. The summed E-state index contributed by atoms with van der Waals surface area (Å²) in [6.45, 7) is 1.50. The summed E-state index contributed by atoms with van der Waals surface area (Å²) in [5.74, 6) is -0.468. The molecule has 9 heteroatoms. The fraction of sp³-hybridized carbons (Fsp3) is 0.0882. The smallest absolute Gasteiger partial charge is 0.344 e. The number of hydrogen-bond donors (Lipinski definition) is 1. The SMILES string of the molecule is Cc1cccc(-c2cc(COC(=O)COc3cc(O)c4c(=O)cc(-c5ccccc5)oc4c3)nn2-c2ccc(Cl)cc2)c1. The summed E-state index contributed by atoms with van der Waals surface area (Å²) in [5, 5.41) is 15.8. The van der Waals surface area contributed by atoms with E-state index in [9.17, 15) is 14.7 Å². The molecule has 0 aliphatic rings. The first kappa shape index (κ1) is 27.8. The fourth-order valence-corrected chi connectivity index (χ4v) is 4.83. The maximum atomic E-state index is 12.7. The van der Waals surface area contributed by atoms with Gasteiger partial charge in [-0.15, -0.1) is 0 Å². The highest BCUT2D eigenvalue weighted by molar-refractivity contribution is 6.30. The molecule has 6 aromatic rings. The number of halogens is 1. The Bertz CT molecular complexity index is 2000. The van der Waals surface area contributed by atoms with Crippen molar-refractivity contribution in [1.29, 1.82) is 0 Å². The number of fused-ring (bicyclic) bond motifs is 1. The maximum absolute atomic E-state index is 12.7. The number of phenols is 1. The monoisotopic (exact) mass is 592 g/mol. The van der Waals surface area contributed by atoms with E-state index in [-0.39, 0.29) is 29.1 Å². The number of carbonyl (C=O) groups is 1. The van der Waals surface area contributed by atoms with Gasteiger partial charge in [-0.05, 0) is 43.3 Å². The molecule has 0 aliphatic carbocycles. The maximum Gasteiger partial charge on any atom is 0.344 e. The number of ether oxygens (including phenoxy) is 2. The first-order valence-corrected chi connectivity index (χ1v) is 13.8. The van der Waals surface area contributed by atoms with E-state index in [1.54, 1.807) is 16.8 Å². The normalized spacial score (nSPS) is 11.0. The number of carbonyl (C=O) groups excluding carboxylic acids is 1. The standard InChI is InChI=1S/C34H25ClN2O6/c1-21-6-5-9-23(14-21)28-15-25(36-37(28)26-12-10-24(35)11-13-26)19-42-33(40)20-41-27-16-29(38)34-30(39)18-31(43-32(34)17-27)22-7-3-2-4-8-22/h2-18,38H,19-20H2,1H3. The fourth-order valence-electron chi connectivity index (χ4n) is 4.70. The minimum Gasteiger partial charge on any atom is -0.507 e. The Morgan fingerprint density at radius 1 is 0.930 bits per heavy atom. The molecule has 43 heavy (non-hydrogen) atoms.